The molecule has 0 bridgehead atoms. The normalized spacial score (nSPS) is 18.7. The smallest absolute Gasteiger partial charge is 0.0238 e. The second kappa shape index (κ2) is 7.55. The Bertz CT molecular complexity index is 317. The summed E-state index contributed by atoms with van der Waals surface area (Å²) in [5.74, 6) is 6.54. The summed E-state index contributed by atoms with van der Waals surface area (Å²) >= 11 is 0. The first kappa shape index (κ1) is 13.6. The van der Waals surface area contributed by atoms with Gasteiger partial charge in [-0.2, -0.15) is 0 Å². The van der Waals surface area contributed by atoms with Crippen molar-refractivity contribution < 1.29 is 0 Å². The van der Waals surface area contributed by atoms with Gasteiger partial charge in [-0.1, -0.05) is 49.6 Å². The number of hydrogen-bond donors (Lipinski definition) is 2. The van der Waals surface area contributed by atoms with E-state index in [9.17, 15) is 0 Å². The molecule has 1 fully saturated rings. The predicted octanol–water partition coefficient (Wildman–Crippen LogP) is 3.42. The molecule has 1 unspecified atom stereocenters. The summed E-state index contributed by atoms with van der Waals surface area (Å²) in [6.07, 6.45) is 10.5. The van der Waals surface area contributed by atoms with Crippen LogP contribution >= 0.6 is 0 Å². The first-order valence-electron chi connectivity index (χ1n) is 7.40. The molecule has 0 aliphatic heterocycles. The zero-order chi connectivity index (χ0) is 12.6. The number of benzene rings is 1. The summed E-state index contributed by atoms with van der Waals surface area (Å²) in [6, 6.07) is 11.3. The van der Waals surface area contributed by atoms with Crippen LogP contribution in [-0.2, 0) is 6.42 Å². The van der Waals surface area contributed by atoms with Crippen molar-refractivity contribution in [2.75, 3.05) is 0 Å². The first-order chi connectivity index (χ1) is 8.90. The summed E-state index contributed by atoms with van der Waals surface area (Å²) in [5.41, 5.74) is 4.50. The number of hydrazine groups is 1. The van der Waals surface area contributed by atoms with Gasteiger partial charge in [-0.3, -0.25) is 11.3 Å². The fourth-order valence-corrected chi connectivity index (χ4v) is 3.16. The fourth-order valence-electron chi connectivity index (χ4n) is 3.16. The van der Waals surface area contributed by atoms with E-state index in [-0.39, 0.29) is 0 Å². The zero-order valence-corrected chi connectivity index (χ0v) is 11.3. The van der Waals surface area contributed by atoms with Crippen LogP contribution in [0.4, 0.5) is 0 Å². The van der Waals surface area contributed by atoms with Gasteiger partial charge in [-0.15, -0.1) is 0 Å². The van der Waals surface area contributed by atoms with Gasteiger partial charge in [0.15, 0.2) is 0 Å². The predicted molar refractivity (Wildman–Crippen MR) is 77.1 cm³/mol. The monoisotopic (exact) mass is 246 g/mol. The molecular formula is C16H26N2. The van der Waals surface area contributed by atoms with E-state index in [0.29, 0.717) is 6.04 Å². The molecule has 1 aromatic carbocycles. The van der Waals surface area contributed by atoms with Gasteiger partial charge in [0.25, 0.3) is 0 Å². The van der Waals surface area contributed by atoms with Crippen LogP contribution in [-0.4, -0.2) is 6.04 Å². The quantitative estimate of drug-likeness (QED) is 0.596. The molecular weight excluding hydrogens is 220 g/mol. The largest absolute Gasteiger partial charge is 0.271 e. The molecule has 2 heteroatoms. The van der Waals surface area contributed by atoms with Crippen LogP contribution in [0.1, 0.15) is 50.5 Å². The lowest BCUT2D eigenvalue weighted by molar-refractivity contribution is 0.256. The van der Waals surface area contributed by atoms with Gasteiger partial charge in [-0.25, -0.2) is 0 Å². The first-order valence-corrected chi connectivity index (χ1v) is 7.40. The number of rotatable bonds is 6. The average Bonchev–Trinajstić information content (AvgIpc) is 2.46. The lowest BCUT2D eigenvalue weighted by atomic mass is 9.82. The number of aryl methyl sites for hydroxylation is 1. The van der Waals surface area contributed by atoms with E-state index in [0.717, 1.165) is 5.92 Å². The van der Waals surface area contributed by atoms with E-state index in [1.807, 2.05) is 0 Å². The molecule has 100 valence electrons. The third-order valence-corrected chi connectivity index (χ3v) is 4.26. The minimum atomic E-state index is 0.522. The van der Waals surface area contributed by atoms with E-state index in [4.69, 9.17) is 5.84 Å². The summed E-state index contributed by atoms with van der Waals surface area (Å²) < 4.78 is 0. The number of nitrogens with two attached hydrogens (primary N) is 1. The van der Waals surface area contributed by atoms with Crippen LogP contribution in [0.3, 0.4) is 0 Å². The van der Waals surface area contributed by atoms with Gasteiger partial charge in [0.1, 0.15) is 0 Å². The molecule has 3 N–H and O–H groups in total. The van der Waals surface area contributed by atoms with E-state index in [1.165, 1.54) is 56.9 Å². The maximum atomic E-state index is 5.73. The Hall–Kier alpha value is -0.860. The van der Waals surface area contributed by atoms with Crippen molar-refractivity contribution in [3.8, 4) is 0 Å². The highest BCUT2D eigenvalue weighted by Crippen LogP contribution is 2.28. The lowest BCUT2D eigenvalue weighted by Gasteiger charge is -2.29. The molecule has 1 atom stereocenters. The van der Waals surface area contributed by atoms with Crippen LogP contribution in [0, 0.1) is 5.92 Å². The Morgan fingerprint density at radius 3 is 2.50 bits per heavy atom. The van der Waals surface area contributed by atoms with Crippen LogP contribution in [0.5, 0.6) is 0 Å². The van der Waals surface area contributed by atoms with Crippen molar-refractivity contribution in [3.05, 3.63) is 35.9 Å². The molecule has 0 aromatic heterocycles. The van der Waals surface area contributed by atoms with Crippen LogP contribution in [0.2, 0.25) is 0 Å². The van der Waals surface area contributed by atoms with Crippen LogP contribution in [0.25, 0.3) is 0 Å². The molecule has 1 aromatic rings. The Balaban J connectivity index is 1.73. The second-order valence-corrected chi connectivity index (χ2v) is 5.55. The SMILES string of the molecule is NNC(CCCc1ccccc1)C1CCCCC1. The van der Waals surface area contributed by atoms with Gasteiger partial charge in [0, 0.05) is 6.04 Å². The van der Waals surface area contributed by atoms with Crippen molar-refractivity contribution in [1.82, 2.24) is 5.43 Å². The van der Waals surface area contributed by atoms with Crippen LogP contribution in [0.15, 0.2) is 30.3 Å². The fraction of sp³-hybridized carbons (Fsp3) is 0.625. The molecule has 1 aliphatic rings. The summed E-state index contributed by atoms with van der Waals surface area (Å²) in [4.78, 5) is 0. The van der Waals surface area contributed by atoms with E-state index >= 15 is 0 Å². The molecule has 0 amide bonds. The number of hydrogen-bond acceptors (Lipinski definition) is 2. The molecule has 1 aliphatic carbocycles. The maximum absolute atomic E-state index is 5.73. The van der Waals surface area contributed by atoms with Crippen molar-refractivity contribution in [2.24, 2.45) is 11.8 Å². The Morgan fingerprint density at radius 2 is 1.83 bits per heavy atom. The third-order valence-electron chi connectivity index (χ3n) is 4.26. The van der Waals surface area contributed by atoms with E-state index < -0.39 is 0 Å². The standard InChI is InChI=1S/C16H26N2/c17-18-16(15-11-5-2-6-12-15)13-7-10-14-8-3-1-4-9-14/h1,3-4,8-9,15-16,18H,2,5-7,10-13,17H2. The topological polar surface area (TPSA) is 38.0 Å². The van der Waals surface area contributed by atoms with E-state index in [2.05, 4.69) is 35.8 Å². The molecule has 0 heterocycles. The highest BCUT2D eigenvalue weighted by atomic mass is 15.2. The second-order valence-electron chi connectivity index (χ2n) is 5.55. The molecule has 0 radical (unpaired) electrons. The molecule has 18 heavy (non-hydrogen) atoms. The third kappa shape index (κ3) is 4.11. The summed E-state index contributed by atoms with van der Waals surface area (Å²) in [6.45, 7) is 0. The van der Waals surface area contributed by atoms with Crippen molar-refractivity contribution in [1.29, 1.82) is 0 Å². The minimum absolute atomic E-state index is 0.522. The number of nitrogens with one attached hydrogen (secondary N) is 1. The summed E-state index contributed by atoms with van der Waals surface area (Å²) in [7, 11) is 0. The average molecular weight is 246 g/mol. The van der Waals surface area contributed by atoms with Crippen molar-refractivity contribution in [3.63, 3.8) is 0 Å². The van der Waals surface area contributed by atoms with E-state index in [1.54, 1.807) is 0 Å². The molecule has 0 saturated heterocycles. The molecule has 0 spiro atoms. The van der Waals surface area contributed by atoms with Gasteiger partial charge >= 0.3 is 0 Å². The van der Waals surface area contributed by atoms with Gasteiger partial charge in [-0.05, 0) is 43.6 Å². The van der Waals surface area contributed by atoms with Gasteiger partial charge < -0.3 is 0 Å². The Kier molecular flexibility index (Phi) is 5.69. The van der Waals surface area contributed by atoms with Crippen LogP contribution < -0.4 is 11.3 Å². The minimum Gasteiger partial charge on any atom is -0.271 e. The lowest BCUT2D eigenvalue weighted by Crippen LogP contribution is -2.41. The molecule has 2 nitrogen and oxygen atoms in total. The Morgan fingerprint density at radius 1 is 1.11 bits per heavy atom. The zero-order valence-electron chi connectivity index (χ0n) is 11.3. The molecule has 1 saturated carbocycles. The highest BCUT2D eigenvalue weighted by molar-refractivity contribution is 5.14. The molecule has 2 rings (SSSR count). The van der Waals surface area contributed by atoms with Gasteiger partial charge in [0.2, 0.25) is 0 Å². The maximum Gasteiger partial charge on any atom is 0.0238 e. The van der Waals surface area contributed by atoms with Crippen molar-refractivity contribution >= 4 is 0 Å². The van der Waals surface area contributed by atoms with Crippen molar-refractivity contribution in [2.45, 2.75) is 57.4 Å². The van der Waals surface area contributed by atoms with Gasteiger partial charge in [0.05, 0.1) is 0 Å². The Labute approximate surface area is 111 Å². The summed E-state index contributed by atoms with van der Waals surface area (Å²) in [5, 5.41) is 0. The highest BCUT2D eigenvalue weighted by Gasteiger charge is 2.21.